The van der Waals surface area contributed by atoms with Crippen LogP contribution in [-0.2, 0) is 38.7 Å². The van der Waals surface area contributed by atoms with Gasteiger partial charge in [-0.05, 0) is 12.8 Å². The van der Waals surface area contributed by atoms with E-state index in [1.165, 1.54) is 89.9 Å². The summed E-state index contributed by atoms with van der Waals surface area (Å²) in [6.07, 6.45) is 16.0. The fourth-order valence-corrected chi connectivity index (χ4v) is 6.78. The van der Waals surface area contributed by atoms with E-state index in [0.29, 0.717) is 12.8 Å². The molecule has 2 unspecified atom stereocenters. The van der Waals surface area contributed by atoms with Crippen molar-refractivity contribution in [3.05, 3.63) is 0 Å². The molecule has 1 saturated heterocycles. The number of aliphatic hydroxyl groups is 3. The molecular formula is C37H70O12S. The minimum Gasteiger partial charge on any atom is -0.462 e. The maximum atomic E-state index is 12.7. The largest absolute Gasteiger partial charge is 0.462 e. The molecule has 1 aliphatic heterocycles. The molecule has 296 valence electrons. The Hall–Kier alpha value is -1.35. The Morgan fingerprint density at radius 2 is 1.02 bits per heavy atom. The zero-order chi connectivity index (χ0) is 37.0. The molecule has 1 fully saturated rings. The standard InChI is InChI=1S/C37H70O12S/c1-3-5-7-9-11-13-14-15-16-18-19-21-23-25-32(38)46-27-30(48-33(39)26-24-22-20-17-12-10-8-6-4-2)28-47-37-36(42)35(41)34(40)31(49-37)29-50(43,44)45/h30-31,34-37,40-42H,3-29H2,1-2H3,(H,43,44,45)/t30-,31-,34-,35?,36?,37+/m1/s1. The van der Waals surface area contributed by atoms with Crippen molar-refractivity contribution in [2.45, 2.75) is 205 Å². The molecule has 1 rings (SSSR count). The number of ether oxygens (including phenoxy) is 4. The first-order valence-corrected chi connectivity index (χ1v) is 21.2. The van der Waals surface area contributed by atoms with E-state index < -0.39 is 71.2 Å². The molecule has 50 heavy (non-hydrogen) atoms. The van der Waals surface area contributed by atoms with Gasteiger partial charge in [-0.1, -0.05) is 142 Å². The van der Waals surface area contributed by atoms with Crippen molar-refractivity contribution in [3.63, 3.8) is 0 Å². The first-order chi connectivity index (χ1) is 24.0. The highest BCUT2D eigenvalue weighted by Gasteiger charge is 2.46. The van der Waals surface area contributed by atoms with Crippen molar-refractivity contribution < 1.29 is 56.8 Å². The van der Waals surface area contributed by atoms with E-state index in [1.807, 2.05) is 0 Å². The lowest BCUT2D eigenvalue weighted by Crippen LogP contribution is -2.60. The van der Waals surface area contributed by atoms with E-state index in [9.17, 15) is 37.9 Å². The Bertz CT molecular complexity index is 962. The number of hydrogen-bond donors (Lipinski definition) is 4. The van der Waals surface area contributed by atoms with Crippen LogP contribution in [0, 0.1) is 0 Å². The SMILES string of the molecule is CCCCCCCCCCCCCCCC(=O)OC[C@H](CO[C@H]1O[C@H](CS(=O)(=O)O)[C@@H](O)C(O)C1O)OC(=O)CCCCCCCCCCC. The highest BCUT2D eigenvalue weighted by Crippen LogP contribution is 2.24. The summed E-state index contributed by atoms with van der Waals surface area (Å²) in [5.41, 5.74) is 0. The van der Waals surface area contributed by atoms with E-state index in [4.69, 9.17) is 18.9 Å². The quantitative estimate of drug-likeness (QED) is 0.0332. The summed E-state index contributed by atoms with van der Waals surface area (Å²) in [5, 5.41) is 30.7. The van der Waals surface area contributed by atoms with Crippen molar-refractivity contribution in [1.29, 1.82) is 0 Å². The summed E-state index contributed by atoms with van der Waals surface area (Å²) in [4.78, 5) is 25.2. The topological polar surface area (TPSA) is 186 Å². The predicted octanol–water partition coefficient (Wildman–Crippen LogP) is 6.56. The second-order valence-corrected chi connectivity index (χ2v) is 15.5. The predicted molar refractivity (Wildman–Crippen MR) is 192 cm³/mol. The Morgan fingerprint density at radius 1 is 0.600 bits per heavy atom. The smallest absolute Gasteiger partial charge is 0.306 e. The zero-order valence-corrected chi connectivity index (χ0v) is 31.8. The van der Waals surface area contributed by atoms with Crippen LogP contribution < -0.4 is 0 Å². The van der Waals surface area contributed by atoms with Crippen LogP contribution in [0.5, 0.6) is 0 Å². The molecule has 0 spiro atoms. The van der Waals surface area contributed by atoms with E-state index in [0.717, 1.165) is 38.5 Å². The molecule has 13 heteroatoms. The van der Waals surface area contributed by atoms with Gasteiger partial charge < -0.3 is 34.3 Å². The van der Waals surface area contributed by atoms with Crippen LogP contribution in [0.25, 0.3) is 0 Å². The fourth-order valence-electron chi connectivity index (χ4n) is 6.09. The maximum Gasteiger partial charge on any atom is 0.306 e. The maximum absolute atomic E-state index is 12.7. The van der Waals surface area contributed by atoms with Gasteiger partial charge in [0.2, 0.25) is 0 Å². The highest BCUT2D eigenvalue weighted by molar-refractivity contribution is 7.85. The first-order valence-electron chi connectivity index (χ1n) is 19.6. The van der Waals surface area contributed by atoms with Crippen LogP contribution in [-0.4, -0.2) is 96.0 Å². The number of unbranched alkanes of at least 4 members (excludes halogenated alkanes) is 20. The van der Waals surface area contributed by atoms with Gasteiger partial charge >= 0.3 is 11.9 Å². The number of hydrogen-bond acceptors (Lipinski definition) is 11. The van der Waals surface area contributed by atoms with Crippen molar-refractivity contribution >= 4 is 22.1 Å². The van der Waals surface area contributed by atoms with Gasteiger partial charge in [0.25, 0.3) is 10.1 Å². The van der Waals surface area contributed by atoms with Gasteiger partial charge in [-0.2, -0.15) is 8.42 Å². The molecule has 12 nitrogen and oxygen atoms in total. The molecule has 1 heterocycles. The number of esters is 2. The molecular weight excluding hydrogens is 668 g/mol. The second-order valence-electron chi connectivity index (χ2n) is 14.0. The van der Waals surface area contributed by atoms with Gasteiger partial charge in [0.1, 0.15) is 36.8 Å². The lowest BCUT2D eigenvalue weighted by molar-refractivity contribution is -0.297. The molecule has 0 aromatic rings. The third-order valence-corrected chi connectivity index (χ3v) is 9.94. The molecule has 0 saturated carbocycles. The summed E-state index contributed by atoms with van der Waals surface area (Å²) >= 11 is 0. The number of aliphatic hydroxyl groups excluding tert-OH is 3. The Labute approximate surface area is 302 Å². The molecule has 4 N–H and O–H groups in total. The average Bonchev–Trinajstić information content (AvgIpc) is 3.07. The van der Waals surface area contributed by atoms with E-state index in [1.54, 1.807) is 0 Å². The van der Waals surface area contributed by atoms with Gasteiger partial charge in [0, 0.05) is 12.8 Å². The summed E-state index contributed by atoms with van der Waals surface area (Å²) in [5.74, 6) is -1.97. The molecule has 0 bridgehead atoms. The lowest BCUT2D eigenvalue weighted by Gasteiger charge is -2.40. The first kappa shape index (κ1) is 46.7. The monoisotopic (exact) mass is 738 g/mol. The van der Waals surface area contributed by atoms with Gasteiger partial charge in [-0.15, -0.1) is 0 Å². The van der Waals surface area contributed by atoms with Crippen molar-refractivity contribution in [2.75, 3.05) is 19.0 Å². The van der Waals surface area contributed by atoms with Gasteiger partial charge in [0.05, 0.1) is 6.61 Å². The van der Waals surface area contributed by atoms with Crippen LogP contribution in [0.15, 0.2) is 0 Å². The third kappa shape index (κ3) is 24.0. The van der Waals surface area contributed by atoms with Crippen molar-refractivity contribution in [2.24, 2.45) is 0 Å². The van der Waals surface area contributed by atoms with E-state index in [2.05, 4.69) is 13.8 Å². The van der Waals surface area contributed by atoms with Crippen LogP contribution in [0.3, 0.4) is 0 Å². The fraction of sp³-hybridized carbons (Fsp3) is 0.946. The summed E-state index contributed by atoms with van der Waals surface area (Å²) in [6, 6.07) is 0. The number of carbonyl (C=O) groups excluding carboxylic acids is 2. The average molecular weight is 739 g/mol. The molecule has 0 radical (unpaired) electrons. The summed E-state index contributed by atoms with van der Waals surface area (Å²) < 4.78 is 53.7. The van der Waals surface area contributed by atoms with Gasteiger partial charge in [-0.25, -0.2) is 0 Å². The van der Waals surface area contributed by atoms with Crippen molar-refractivity contribution in [3.8, 4) is 0 Å². The molecule has 0 aromatic carbocycles. The van der Waals surface area contributed by atoms with Gasteiger partial charge in [-0.3, -0.25) is 14.1 Å². The second kappa shape index (κ2) is 29.1. The van der Waals surface area contributed by atoms with Crippen LogP contribution >= 0.6 is 0 Å². The van der Waals surface area contributed by atoms with E-state index in [-0.39, 0.29) is 19.4 Å². The van der Waals surface area contributed by atoms with Gasteiger partial charge in [0.15, 0.2) is 12.4 Å². The number of carbonyl (C=O) groups is 2. The lowest BCUT2D eigenvalue weighted by atomic mass is 10.00. The summed E-state index contributed by atoms with van der Waals surface area (Å²) in [7, 11) is -4.59. The Morgan fingerprint density at radius 3 is 1.46 bits per heavy atom. The highest BCUT2D eigenvalue weighted by atomic mass is 32.2. The van der Waals surface area contributed by atoms with E-state index >= 15 is 0 Å². The van der Waals surface area contributed by atoms with Crippen LogP contribution in [0.2, 0.25) is 0 Å². The van der Waals surface area contributed by atoms with Crippen LogP contribution in [0.4, 0.5) is 0 Å². The minimum atomic E-state index is -4.59. The minimum absolute atomic E-state index is 0.170. The third-order valence-electron chi connectivity index (χ3n) is 9.19. The van der Waals surface area contributed by atoms with Crippen LogP contribution in [0.1, 0.15) is 168 Å². The molecule has 6 atom stereocenters. The normalized spacial score (nSPS) is 21.6. The Balaban J connectivity index is 2.50. The molecule has 0 amide bonds. The molecule has 0 aromatic heterocycles. The zero-order valence-electron chi connectivity index (χ0n) is 31.0. The number of rotatable bonds is 32. The van der Waals surface area contributed by atoms with Crippen molar-refractivity contribution in [1.82, 2.24) is 0 Å². The summed E-state index contributed by atoms with van der Waals surface area (Å²) in [6.45, 7) is 3.71. The molecule has 1 aliphatic rings. The molecule has 0 aliphatic carbocycles. The Kier molecular flexibility index (Phi) is 27.2.